The Kier molecular flexibility index (Phi) is 4.65. The van der Waals surface area contributed by atoms with Crippen molar-refractivity contribution in [3.05, 3.63) is 59.7 Å². The maximum atomic E-state index is 12.1. The molecule has 0 aliphatic carbocycles. The van der Waals surface area contributed by atoms with Gasteiger partial charge in [-0.1, -0.05) is 30.3 Å². The zero-order valence-corrected chi connectivity index (χ0v) is 13.3. The highest BCUT2D eigenvalue weighted by atomic mass is 32.2. The summed E-state index contributed by atoms with van der Waals surface area (Å²) in [5.74, 6) is 0. The summed E-state index contributed by atoms with van der Waals surface area (Å²) in [4.78, 5) is 0.316. The number of anilines is 1. The van der Waals surface area contributed by atoms with Crippen molar-refractivity contribution in [3.8, 4) is 0 Å². The van der Waals surface area contributed by atoms with E-state index in [9.17, 15) is 8.42 Å². The second kappa shape index (κ2) is 6.28. The fraction of sp³-hybridized carbons (Fsp3) is 0.250. The molecule has 21 heavy (non-hydrogen) atoms. The Hall–Kier alpha value is -1.85. The Morgan fingerprint density at radius 2 is 1.76 bits per heavy atom. The standard InChI is InChI=1S/C16H20N2O2S/c1-13-7-4-5-10-16(13)17-12-14-8-6-9-15(11-14)21(19,20)18(2)3/h4-11,17H,12H2,1-3H3. The molecule has 0 heterocycles. The molecule has 0 amide bonds. The summed E-state index contributed by atoms with van der Waals surface area (Å²) in [5, 5.41) is 3.33. The predicted octanol–water partition coefficient (Wildman–Crippen LogP) is 2.86. The van der Waals surface area contributed by atoms with Crippen molar-refractivity contribution in [2.45, 2.75) is 18.4 Å². The molecule has 2 rings (SSSR count). The third kappa shape index (κ3) is 3.62. The summed E-state index contributed by atoms with van der Waals surface area (Å²) in [6, 6.07) is 15.0. The van der Waals surface area contributed by atoms with Crippen LogP contribution in [0.4, 0.5) is 5.69 Å². The van der Waals surface area contributed by atoms with Crippen LogP contribution in [0.5, 0.6) is 0 Å². The molecule has 0 aromatic heterocycles. The maximum Gasteiger partial charge on any atom is 0.242 e. The molecular formula is C16H20N2O2S. The van der Waals surface area contributed by atoms with Crippen molar-refractivity contribution < 1.29 is 8.42 Å². The molecule has 4 nitrogen and oxygen atoms in total. The number of sulfonamides is 1. The molecule has 0 fully saturated rings. The number of aryl methyl sites for hydroxylation is 1. The molecule has 0 aliphatic heterocycles. The number of nitrogens with zero attached hydrogens (tertiary/aromatic N) is 1. The van der Waals surface area contributed by atoms with Gasteiger partial charge in [0.05, 0.1) is 4.90 Å². The molecule has 2 aromatic rings. The molecule has 5 heteroatoms. The van der Waals surface area contributed by atoms with Gasteiger partial charge >= 0.3 is 0 Å². The first kappa shape index (κ1) is 15.5. The first-order chi connectivity index (χ1) is 9.91. The highest BCUT2D eigenvalue weighted by Gasteiger charge is 2.16. The Morgan fingerprint density at radius 3 is 2.43 bits per heavy atom. The highest BCUT2D eigenvalue weighted by Crippen LogP contribution is 2.17. The molecule has 0 unspecified atom stereocenters. The van der Waals surface area contributed by atoms with Gasteiger partial charge in [-0.2, -0.15) is 0 Å². The van der Waals surface area contributed by atoms with Crippen LogP contribution in [0.2, 0.25) is 0 Å². The van der Waals surface area contributed by atoms with Crippen LogP contribution in [0.1, 0.15) is 11.1 Å². The average molecular weight is 304 g/mol. The molecule has 0 spiro atoms. The zero-order chi connectivity index (χ0) is 15.5. The first-order valence-corrected chi connectivity index (χ1v) is 8.16. The van der Waals surface area contributed by atoms with E-state index in [4.69, 9.17) is 0 Å². The van der Waals surface area contributed by atoms with Crippen molar-refractivity contribution in [1.82, 2.24) is 4.31 Å². The fourth-order valence-corrected chi connectivity index (χ4v) is 2.97. The van der Waals surface area contributed by atoms with Crippen molar-refractivity contribution in [2.75, 3.05) is 19.4 Å². The van der Waals surface area contributed by atoms with Gasteiger partial charge in [-0.15, -0.1) is 0 Å². The minimum Gasteiger partial charge on any atom is -0.381 e. The number of hydrogen-bond acceptors (Lipinski definition) is 3. The van der Waals surface area contributed by atoms with Gasteiger partial charge in [0.1, 0.15) is 0 Å². The van der Waals surface area contributed by atoms with Crippen LogP contribution in [0.25, 0.3) is 0 Å². The summed E-state index contributed by atoms with van der Waals surface area (Å²) < 4.78 is 25.5. The van der Waals surface area contributed by atoms with E-state index in [1.807, 2.05) is 37.3 Å². The monoisotopic (exact) mass is 304 g/mol. The average Bonchev–Trinajstić information content (AvgIpc) is 2.46. The molecule has 1 N–H and O–H groups in total. The Bertz CT molecular complexity index is 725. The molecule has 0 atom stereocenters. The van der Waals surface area contributed by atoms with Gasteiger partial charge in [0.15, 0.2) is 0 Å². The smallest absolute Gasteiger partial charge is 0.242 e. The van der Waals surface area contributed by atoms with Crippen LogP contribution < -0.4 is 5.32 Å². The van der Waals surface area contributed by atoms with Gasteiger partial charge in [0.2, 0.25) is 10.0 Å². The maximum absolute atomic E-state index is 12.1. The Morgan fingerprint density at radius 1 is 1.05 bits per heavy atom. The van der Waals surface area contributed by atoms with E-state index < -0.39 is 10.0 Å². The third-order valence-electron chi connectivity index (χ3n) is 3.31. The third-order valence-corrected chi connectivity index (χ3v) is 5.12. The lowest BCUT2D eigenvalue weighted by Crippen LogP contribution is -2.22. The predicted molar refractivity (Wildman–Crippen MR) is 85.8 cm³/mol. The number of rotatable bonds is 5. The molecule has 0 bridgehead atoms. The number of benzene rings is 2. The second-order valence-corrected chi connectivity index (χ2v) is 7.26. The van der Waals surface area contributed by atoms with Crippen molar-refractivity contribution in [1.29, 1.82) is 0 Å². The van der Waals surface area contributed by atoms with E-state index in [0.717, 1.165) is 16.8 Å². The quantitative estimate of drug-likeness (QED) is 0.924. The molecule has 0 saturated heterocycles. The zero-order valence-electron chi connectivity index (χ0n) is 12.5. The molecule has 0 saturated carbocycles. The summed E-state index contributed by atoms with van der Waals surface area (Å²) in [5.41, 5.74) is 3.15. The Labute approximate surface area is 126 Å². The second-order valence-electron chi connectivity index (χ2n) is 5.10. The van der Waals surface area contributed by atoms with Crippen LogP contribution in [0.3, 0.4) is 0 Å². The van der Waals surface area contributed by atoms with Crippen molar-refractivity contribution >= 4 is 15.7 Å². The summed E-state index contributed by atoms with van der Waals surface area (Å²) in [7, 11) is -0.314. The minimum absolute atomic E-state index is 0.316. The van der Waals surface area contributed by atoms with Gasteiger partial charge in [-0.05, 0) is 36.2 Å². The lowest BCUT2D eigenvalue weighted by atomic mass is 10.2. The highest BCUT2D eigenvalue weighted by molar-refractivity contribution is 7.89. The lowest BCUT2D eigenvalue weighted by molar-refractivity contribution is 0.520. The van der Waals surface area contributed by atoms with Crippen LogP contribution in [0.15, 0.2) is 53.4 Å². The van der Waals surface area contributed by atoms with Gasteiger partial charge in [0.25, 0.3) is 0 Å². The van der Waals surface area contributed by atoms with Crippen LogP contribution in [-0.4, -0.2) is 26.8 Å². The molecular weight excluding hydrogens is 284 g/mol. The van der Waals surface area contributed by atoms with Gasteiger partial charge in [0, 0.05) is 26.3 Å². The lowest BCUT2D eigenvalue weighted by Gasteiger charge is -2.13. The van der Waals surface area contributed by atoms with E-state index in [1.54, 1.807) is 18.2 Å². The summed E-state index contributed by atoms with van der Waals surface area (Å²) in [6.07, 6.45) is 0. The number of hydrogen-bond donors (Lipinski definition) is 1. The van der Waals surface area contributed by atoms with E-state index >= 15 is 0 Å². The summed E-state index contributed by atoms with van der Waals surface area (Å²) in [6.45, 7) is 2.62. The first-order valence-electron chi connectivity index (χ1n) is 6.72. The molecule has 2 aromatic carbocycles. The van der Waals surface area contributed by atoms with Crippen molar-refractivity contribution in [3.63, 3.8) is 0 Å². The van der Waals surface area contributed by atoms with Crippen LogP contribution in [0, 0.1) is 6.92 Å². The molecule has 0 radical (unpaired) electrons. The van der Waals surface area contributed by atoms with E-state index in [2.05, 4.69) is 5.32 Å². The topological polar surface area (TPSA) is 49.4 Å². The number of para-hydroxylation sites is 1. The Balaban J connectivity index is 2.18. The van der Waals surface area contributed by atoms with E-state index in [0.29, 0.717) is 11.4 Å². The van der Waals surface area contributed by atoms with Crippen LogP contribution in [-0.2, 0) is 16.6 Å². The number of nitrogens with one attached hydrogen (secondary N) is 1. The minimum atomic E-state index is -3.38. The van der Waals surface area contributed by atoms with Crippen LogP contribution >= 0.6 is 0 Å². The molecule has 112 valence electrons. The fourth-order valence-electron chi connectivity index (χ4n) is 2.00. The van der Waals surface area contributed by atoms with Gasteiger partial charge in [-0.3, -0.25) is 0 Å². The normalized spacial score (nSPS) is 11.6. The largest absolute Gasteiger partial charge is 0.381 e. The van der Waals surface area contributed by atoms with E-state index in [1.165, 1.54) is 18.4 Å². The van der Waals surface area contributed by atoms with E-state index in [-0.39, 0.29) is 0 Å². The molecule has 0 aliphatic rings. The summed E-state index contributed by atoms with van der Waals surface area (Å²) >= 11 is 0. The van der Waals surface area contributed by atoms with Crippen molar-refractivity contribution in [2.24, 2.45) is 0 Å². The van der Waals surface area contributed by atoms with Gasteiger partial charge < -0.3 is 5.32 Å². The van der Waals surface area contributed by atoms with Gasteiger partial charge in [-0.25, -0.2) is 12.7 Å². The SMILES string of the molecule is Cc1ccccc1NCc1cccc(S(=O)(=O)N(C)C)c1.